The molecule has 0 N–H and O–H groups in total. The van der Waals surface area contributed by atoms with E-state index in [9.17, 15) is 9.18 Å². The van der Waals surface area contributed by atoms with Gasteiger partial charge in [0.25, 0.3) is 5.56 Å². The molecule has 5 aromatic rings. The summed E-state index contributed by atoms with van der Waals surface area (Å²) < 4.78 is 18.7. The summed E-state index contributed by atoms with van der Waals surface area (Å²) in [6.07, 6.45) is 3.65. The van der Waals surface area contributed by atoms with Crippen LogP contribution in [0, 0.1) is 19.7 Å². The van der Waals surface area contributed by atoms with Gasteiger partial charge in [-0.25, -0.2) is 9.38 Å². The molecule has 3 heterocycles. The maximum atomic E-state index is 14.3. The molecule has 204 valence electrons. The van der Waals surface area contributed by atoms with Gasteiger partial charge in [0.05, 0.1) is 21.3 Å². The molecule has 2 aromatic heterocycles. The molecule has 0 fully saturated rings. The molecule has 1 atom stereocenters. The Kier molecular flexibility index (Phi) is 6.38. The summed E-state index contributed by atoms with van der Waals surface area (Å²) in [5, 5.41) is 0.735. The summed E-state index contributed by atoms with van der Waals surface area (Å²) in [4.78, 5) is 19.9. The number of aromatic nitrogens is 2. The van der Waals surface area contributed by atoms with Crippen molar-refractivity contribution < 1.29 is 4.39 Å². The number of halogens is 3. The molecule has 8 heteroatoms. The maximum absolute atomic E-state index is 14.3. The van der Waals surface area contributed by atoms with Gasteiger partial charge in [-0.3, -0.25) is 9.36 Å². The third kappa shape index (κ3) is 4.33. The largest absolute Gasteiger partial charge is 0.318 e. The van der Waals surface area contributed by atoms with Crippen LogP contribution in [0.1, 0.15) is 46.1 Å². The number of benzene rings is 3. The first-order valence-corrected chi connectivity index (χ1v) is 14.9. The van der Waals surface area contributed by atoms with E-state index in [4.69, 9.17) is 28.2 Å². The summed E-state index contributed by atoms with van der Waals surface area (Å²) in [7, 11) is 0. The van der Waals surface area contributed by atoms with Crippen molar-refractivity contribution >= 4 is 46.3 Å². The minimum absolute atomic E-state index is 0.0816. The lowest BCUT2D eigenvalue weighted by Crippen LogP contribution is -2.38. The predicted molar refractivity (Wildman–Crippen MR) is 164 cm³/mol. The zero-order valence-corrected chi connectivity index (χ0v) is 24.6. The molecular weight excluding hydrogens is 576 g/mol. The summed E-state index contributed by atoms with van der Waals surface area (Å²) >= 11 is 13.6. The van der Waals surface area contributed by atoms with Crippen LogP contribution in [0.2, 0.25) is 10.0 Å². The van der Waals surface area contributed by atoms with Crippen LogP contribution in [0.25, 0.3) is 17.5 Å². The Balaban J connectivity index is 1.43. The van der Waals surface area contributed by atoms with Crippen LogP contribution in [-0.2, 0) is 6.42 Å². The lowest BCUT2D eigenvalue weighted by molar-refractivity contribution is 0.585. The van der Waals surface area contributed by atoms with Crippen molar-refractivity contribution in [3.8, 4) is 5.69 Å². The molecule has 0 saturated carbocycles. The quantitative estimate of drug-likeness (QED) is 0.217. The van der Waals surface area contributed by atoms with Crippen molar-refractivity contribution in [1.29, 1.82) is 0 Å². The summed E-state index contributed by atoms with van der Waals surface area (Å²) in [5.41, 5.74) is 8.83. The number of aryl methyl sites for hydroxylation is 2. The third-order valence-corrected chi connectivity index (χ3v) is 9.52. The molecule has 3 aromatic carbocycles. The Morgan fingerprint density at radius 1 is 1.00 bits per heavy atom. The number of nitrogens with zero attached hydrogens (tertiary/aromatic N) is 3. The molecule has 0 radical (unpaired) electrons. The van der Waals surface area contributed by atoms with E-state index >= 15 is 0 Å². The fraction of sp³-hybridized carbons (Fsp3) is 0.152. The zero-order valence-electron chi connectivity index (χ0n) is 22.3. The van der Waals surface area contributed by atoms with Crippen molar-refractivity contribution in [2.24, 2.45) is 4.99 Å². The molecule has 4 nitrogen and oxygen atoms in total. The van der Waals surface area contributed by atoms with E-state index in [0.717, 1.165) is 52.2 Å². The maximum Gasteiger partial charge on any atom is 0.271 e. The number of hydrogen-bond donors (Lipinski definition) is 0. The minimum Gasteiger partial charge on any atom is -0.318 e. The SMILES string of the molecule is Cc1cc(/C=c2\sc3n(c2=O)[C@H](c2ccc(Cl)cc2)C2=C(N=3)c3ccccc3CC2)c(C)n1-c1ccc(Cl)c(F)c1. The van der Waals surface area contributed by atoms with E-state index in [-0.39, 0.29) is 16.6 Å². The highest BCUT2D eigenvalue weighted by molar-refractivity contribution is 7.07. The van der Waals surface area contributed by atoms with E-state index in [2.05, 4.69) is 18.2 Å². The van der Waals surface area contributed by atoms with Gasteiger partial charge in [0.15, 0.2) is 4.80 Å². The number of allylic oxidation sites excluding steroid dienone is 1. The Morgan fingerprint density at radius 3 is 2.56 bits per heavy atom. The van der Waals surface area contributed by atoms with Crippen LogP contribution < -0.4 is 14.9 Å². The zero-order chi connectivity index (χ0) is 28.4. The first kappa shape index (κ1) is 26.2. The highest BCUT2D eigenvalue weighted by Gasteiger charge is 2.32. The lowest BCUT2D eigenvalue weighted by Gasteiger charge is -2.30. The fourth-order valence-corrected chi connectivity index (χ4v) is 7.30. The number of hydrogen-bond acceptors (Lipinski definition) is 3. The van der Waals surface area contributed by atoms with Crippen molar-refractivity contribution in [3.05, 3.63) is 148 Å². The molecule has 41 heavy (non-hydrogen) atoms. The second kappa shape index (κ2) is 9.98. The predicted octanol–water partition coefficient (Wildman–Crippen LogP) is 7.17. The molecule has 7 rings (SSSR count). The molecule has 2 aliphatic rings. The van der Waals surface area contributed by atoms with Gasteiger partial charge >= 0.3 is 0 Å². The third-order valence-electron chi connectivity index (χ3n) is 7.98. The van der Waals surface area contributed by atoms with Crippen LogP contribution in [0.3, 0.4) is 0 Å². The normalized spacial score (nSPS) is 16.3. The highest BCUT2D eigenvalue weighted by Crippen LogP contribution is 2.41. The van der Waals surface area contributed by atoms with E-state index in [1.165, 1.54) is 23.0 Å². The van der Waals surface area contributed by atoms with Crippen LogP contribution in [-0.4, -0.2) is 9.13 Å². The van der Waals surface area contributed by atoms with Crippen LogP contribution >= 0.6 is 34.5 Å². The molecule has 0 spiro atoms. The van der Waals surface area contributed by atoms with Gasteiger partial charge in [0, 0.05) is 27.7 Å². The highest BCUT2D eigenvalue weighted by atomic mass is 35.5. The van der Waals surface area contributed by atoms with Crippen molar-refractivity contribution in [1.82, 2.24) is 9.13 Å². The van der Waals surface area contributed by atoms with Crippen molar-refractivity contribution in [2.45, 2.75) is 32.7 Å². The van der Waals surface area contributed by atoms with Crippen LogP contribution in [0.15, 0.2) is 88.2 Å². The van der Waals surface area contributed by atoms with Crippen LogP contribution in [0.5, 0.6) is 0 Å². The smallest absolute Gasteiger partial charge is 0.271 e. The summed E-state index contributed by atoms with van der Waals surface area (Å²) in [5.74, 6) is -0.473. The standard InChI is InChI=1S/C33H24Cl2FN3OS/c1-18-15-22(19(2)38(18)24-12-14-27(35)28(36)17-24)16-29-32(40)39-31(21-7-10-23(34)11-8-21)26-13-9-20-5-3-4-6-25(20)30(26)37-33(39)41-29/h3-8,10-12,14-17,31H,9,13H2,1-2H3/b29-16-/t31-/m1/s1. The van der Waals surface area contributed by atoms with Crippen LogP contribution in [0.4, 0.5) is 4.39 Å². The van der Waals surface area contributed by atoms with E-state index < -0.39 is 5.82 Å². The molecule has 0 unspecified atom stereocenters. The molecular formula is C33H24Cl2FN3OS. The second-order valence-electron chi connectivity index (χ2n) is 10.4. The van der Waals surface area contributed by atoms with Gasteiger partial charge < -0.3 is 4.57 Å². The van der Waals surface area contributed by atoms with Gasteiger partial charge in [-0.1, -0.05) is 70.9 Å². The lowest BCUT2D eigenvalue weighted by atomic mass is 9.83. The average molecular weight is 601 g/mol. The van der Waals surface area contributed by atoms with Gasteiger partial charge in [-0.05, 0) is 91.4 Å². The first-order chi connectivity index (χ1) is 19.8. The molecule has 0 saturated heterocycles. The number of fused-ring (bicyclic) bond motifs is 3. The Bertz CT molecular complexity index is 2090. The van der Waals surface area contributed by atoms with E-state index in [1.54, 1.807) is 12.1 Å². The molecule has 0 amide bonds. The van der Waals surface area contributed by atoms with Crippen molar-refractivity contribution in [2.75, 3.05) is 0 Å². The van der Waals surface area contributed by atoms with E-state index in [1.807, 2.05) is 65.5 Å². The van der Waals surface area contributed by atoms with Gasteiger partial charge in [-0.2, -0.15) is 0 Å². The summed E-state index contributed by atoms with van der Waals surface area (Å²) in [6, 6.07) is 22.6. The van der Waals surface area contributed by atoms with E-state index in [0.29, 0.717) is 20.0 Å². The number of thiazole rings is 1. The molecule has 1 aliphatic carbocycles. The molecule has 1 aliphatic heterocycles. The van der Waals surface area contributed by atoms with Gasteiger partial charge in [0.2, 0.25) is 0 Å². The second-order valence-corrected chi connectivity index (χ2v) is 12.3. The van der Waals surface area contributed by atoms with Gasteiger partial charge in [0.1, 0.15) is 5.82 Å². The number of rotatable bonds is 3. The average Bonchev–Trinajstić information content (AvgIpc) is 3.43. The first-order valence-electron chi connectivity index (χ1n) is 13.3. The van der Waals surface area contributed by atoms with Crippen molar-refractivity contribution in [3.63, 3.8) is 0 Å². The fourth-order valence-electron chi connectivity index (χ4n) is 6.06. The Morgan fingerprint density at radius 2 is 1.78 bits per heavy atom. The minimum atomic E-state index is -0.473. The Hall–Kier alpha value is -3.71. The summed E-state index contributed by atoms with van der Waals surface area (Å²) in [6.45, 7) is 3.93. The Labute approximate surface area is 250 Å². The topological polar surface area (TPSA) is 39.3 Å². The molecule has 0 bridgehead atoms. The monoisotopic (exact) mass is 599 g/mol. The van der Waals surface area contributed by atoms with Gasteiger partial charge in [-0.15, -0.1) is 0 Å².